The van der Waals surface area contributed by atoms with Gasteiger partial charge in [0.15, 0.2) is 21.5 Å². The van der Waals surface area contributed by atoms with E-state index in [2.05, 4.69) is 20.1 Å². The second kappa shape index (κ2) is 8.84. The van der Waals surface area contributed by atoms with Gasteiger partial charge in [-0.15, -0.1) is 10.2 Å². The van der Waals surface area contributed by atoms with Crippen LogP contribution < -0.4 is 4.90 Å². The molecule has 2 aromatic heterocycles. The van der Waals surface area contributed by atoms with E-state index in [4.69, 9.17) is 0 Å². The molecule has 1 aliphatic heterocycles. The summed E-state index contributed by atoms with van der Waals surface area (Å²) in [5, 5.41) is 8.60. The van der Waals surface area contributed by atoms with E-state index in [1.54, 1.807) is 41.4 Å². The summed E-state index contributed by atoms with van der Waals surface area (Å²) in [5.74, 6) is 1.96. The lowest BCUT2D eigenvalue weighted by Crippen LogP contribution is -2.49. The van der Waals surface area contributed by atoms with Gasteiger partial charge in [0.05, 0.1) is 10.6 Å². The van der Waals surface area contributed by atoms with Crippen LogP contribution in [0, 0.1) is 6.92 Å². The van der Waals surface area contributed by atoms with Crippen molar-refractivity contribution in [2.24, 2.45) is 0 Å². The Morgan fingerprint density at radius 1 is 0.968 bits per heavy atom. The van der Waals surface area contributed by atoms with Gasteiger partial charge in [-0.05, 0) is 31.2 Å². The maximum Gasteiger partial charge on any atom is 0.223 e. The van der Waals surface area contributed by atoms with E-state index >= 15 is 0 Å². The summed E-state index contributed by atoms with van der Waals surface area (Å²) < 4.78 is 26.6. The molecule has 0 saturated carbocycles. The molecule has 1 aromatic carbocycles. The van der Waals surface area contributed by atoms with Crippen LogP contribution in [0.1, 0.15) is 12.2 Å². The predicted molar refractivity (Wildman–Crippen MR) is 116 cm³/mol. The van der Waals surface area contributed by atoms with Gasteiger partial charge in [0.1, 0.15) is 5.82 Å². The van der Waals surface area contributed by atoms with Crippen LogP contribution in [-0.2, 0) is 14.6 Å². The number of carbonyl (C=O) groups is 1. The number of imidazole rings is 1. The number of carbonyl (C=O) groups excluding carboxylic acids is 1. The first-order valence-corrected chi connectivity index (χ1v) is 11.7. The van der Waals surface area contributed by atoms with Gasteiger partial charge in [-0.1, -0.05) is 18.2 Å². The van der Waals surface area contributed by atoms with Gasteiger partial charge < -0.3 is 9.80 Å². The van der Waals surface area contributed by atoms with E-state index in [0.29, 0.717) is 32.0 Å². The Kier molecular flexibility index (Phi) is 5.99. The SMILES string of the molecule is Cc1nccn1-c1ccc(N2CCN(C(=O)CCS(=O)(=O)c3ccccc3)CC2)nn1. The molecule has 0 radical (unpaired) electrons. The minimum Gasteiger partial charge on any atom is -0.352 e. The van der Waals surface area contributed by atoms with Crippen LogP contribution in [-0.4, -0.2) is 70.9 Å². The maximum absolute atomic E-state index is 12.5. The fraction of sp³-hybridized carbons (Fsp3) is 0.333. The average molecular weight is 441 g/mol. The van der Waals surface area contributed by atoms with Crippen molar-refractivity contribution in [3.05, 3.63) is 60.7 Å². The maximum atomic E-state index is 12.5. The van der Waals surface area contributed by atoms with Gasteiger partial charge >= 0.3 is 0 Å². The molecule has 3 heterocycles. The lowest BCUT2D eigenvalue weighted by molar-refractivity contribution is -0.131. The Bertz CT molecular complexity index is 1140. The number of anilines is 1. The molecule has 3 aromatic rings. The van der Waals surface area contributed by atoms with Crippen LogP contribution >= 0.6 is 0 Å². The minimum absolute atomic E-state index is 0.0179. The number of hydrogen-bond donors (Lipinski definition) is 0. The number of aromatic nitrogens is 4. The molecule has 0 atom stereocenters. The third-order valence-electron chi connectivity index (χ3n) is 5.35. The van der Waals surface area contributed by atoms with E-state index < -0.39 is 9.84 Å². The van der Waals surface area contributed by atoms with Crippen molar-refractivity contribution >= 4 is 21.6 Å². The lowest BCUT2D eigenvalue weighted by Gasteiger charge is -2.35. The van der Waals surface area contributed by atoms with E-state index in [-0.39, 0.29) is 23.0 Å². The molecule has 0 aliphatic carbocycles. The van der Waals surface area contributed by atoms with Crippen molar-refractivity contribution in [3.63, 3.8) is 0 Å². The molecule has 4 rings (SSSR count). The number of benzene rings is 1. The van der Waals surface area contributed by atoms with Gasteiger partial charge in [-0.2, -0.15) is 0 Å². The Morgan fingerprint density at radius 3 is 2.26 bits per heavy atom. The number of piperazine rings is 1. The standard InChI is InChI=1S/C21H24N6O3S/c1-17-22-10-11-27(17)20-8-7-19(23-24-20)25-12-14-26(15-13-25)21(28)9-16-31(29,30)18-5-3-2-4-6-18/h2-8,10-11H,9,12-16H2,1H3. The molecular weight excluding hydrogens is 416 g/mol. The van der Waals surface area contributed by atoms with Crippen LogP contribution in [0.3, 0.4) is 0 Å². The van der Waals surface area contributed by atoms with Gasteiger partial charge in [-0.3, -0.25) is 9.36 Å². The highest BCUT2D eigenvalue weighted by Gasteiger charge is 2.24. The van der Waals surface area contributed by atoms with Crippen LogP contribution in [0.15, 0.2) is 59.8 Å². The predicted octanol–water partition coefficient (Wildman–Crippen LogP) is 1.48. The van der Waals surface area contributed by atoms with Crippen LogP contribution in [0.5, 0.6) is 0 Å². The van der Waals surface area contributed by atoms with Crippen LogP contribution in [0.2, 0.25) is 0 Å². The summed E-state index contributed by atoms with van der Waals surface area (Å²) in [5.41, 5.74) is 0. The number of nitrogens with zero attached hydrogens (tertiary/aromatic N) is 6. The molecule has 31 heavy (non-hydrogen) atoms. The first kappa shape index (κ1) is 21.0. The van der Waals surface area contributed by atoms with E-state index in [1.807, 2.05) is 29.8 Å². The number of rotatable bonds is 6. The lowest BCUT2D eigenvalue weighted by atomic mass is 10.3. The second-order valence-electron chi connectivity index (χ2n) is 7.34. The topological polar surface area (TPSA) is 101 Å². The zero-order chi connectivity index (χ0) is 21.8. The normalized spacial score (nSPS) is 14.6. The molecule has 0 bridgehead atoms. The molecule has 10 heteroatoms. The summed E-state index contributed by atoms with van der Waals surface area (Å²) in [6, 6.07) is 12.0. The zero-order valence-electron chi connectivity index (χ0n) is 17.3. The van der Waals surface area contributed by atoms with Gasteiger partial charge in [-0.25, -0.2) is 13.4 Å². The fourth-order valence-corrected chi connectivity index (χ4v) is 4.80. The van der Waals surface area contributed by atoms with Gasteiger partial charge in [0.2, 0.25) is 5.91 Å². The quantitative estimate of drug-likeness (QED) is 0.572. The second-order valence-corrected chi connectivity index (χ2v) is 9.45. The molecule has 162 valence electrons. The van der Waals surface area contributed by atoms with E-state index in [1.165, 1.54) is 0 Å². The smallest absolute Gasteiger partial charge is 0.223 e. The first-order chi connectivity index (χ1) is 14.9. The van der Waals surface area contributed by atoms with Crippen molar-refractivity contribution in [1.82, 2.24) is 24.6 Å². The highest BCUT2D eigenvalue weighted by molar-refractivity contribution is 7.91. The molecule has 1 amide bonds. The Balaban J connectivity index is 1.30. The number of aryl methyl sites for hydroxylation is 1. The van der Waals surface area contributed by atoms with Crippen molar-refractivity contribution in [1.29, 1.82) is 0 Å². The van der Waals surface area contributed by atoms with Crippen LogP contribution in [0.25, 0.3) is 5.82 Å². The Labute approximate surface area is 181 Å². The number of hydrogen-bond acceptors (Lipinski definition) is 7. The molecule has 0 spiro atoms. The molecule has 1 saturated heterocycles. The van der Waals surface area contributed by atoms with Crippen molar-refractivity contribution in [2.45, 2.75) is 18.2 Å². The summed E-state index contributed by atoms with van der Waals surface area (Å²) >= 11 is 0. The third kappa shape index (κ3) is 4.74. The van der Waals surface area contributed by atoms with E-state index in [0.717, 1.165) is 11.6 Å². The van der Waals surface area contributed by atoms with E-state index in [9.17, 15) is 13.2 Å². The number of sulfone groups is 1. The molecule has 1 fully saturated rings. The zero-order valence-corrected chi connectivity index (χ0v) is 18.1. The first-order valence-electron chi connectivity index (χ1n) is 10.1. The average Bonchev–Trinajstić information content (AvgIpc) is 3.24. The largest absolute Gasteiger partial charge is 0.352 e. The summed E-state index contributed by atoms with van der Waals surface area (Å²) in [7, 11) is -3.46. The molecule has 1 aliphatic rings. The Morgan fingerprint density at radius 2 is 1.65 bits per heavy atom. The summed E-state index contributed by atoms with van der Waals surface area (Å²) in [4.78, 5) is 20.8. The summed E-state index contributed by atoms with van der Waals surface area (Å²) in [6.07, 6.45) is 3.53. The van der Waals surface area contributed by atoms with Crippen molar-refractivity contribution < 1.29 is 13.2 Å². The minimum atomic E-state index is -3.46. The summed E-state index contributed by atoms with van der Waals surface area (Å²) in [6.45, 7) is 4.18. The highest BCUT2D eigenvalue weighted by atomic mass is 32.2. The highest BCUT2D eigenvalue weighted by Crippen LogP contribution is 2.16. The van der Waals surface area contributed by atoms with Gasteiger partial charge in [0.25, 0.3) is 0 Å². The number of amides is 1. The van der Waals surface area contributed by atoms with Gasteiger partial charge in [0, 0.05) is 45.0 Å². The molecule has 0 N–H and O–H groups in total. The molecule has 9 nitrogen and oxygen atoms in total. The van der Waals surface area contributed by atoms with Crippen LogP contribution in [0.4, 0.5) is 5.82 Å². The fourth-order valence-electron chi connectivity index (χ4n) is 3.55. The van der Waals surface area contributed by atoms with Crippen molar-refractivity contribution in [2.75, 3.05) is 36.8 Å². The molecule has 0 unspecified atom stereocenters. The molecular formula is C21H24N6O3S. The van der Waals surface area contributed by atoms with Crippen molar-refractivity contribution in [3.8, 4) is 5.82 Å². The third-order valence-corrected chi connectivity index (χ3v) is 7.08. The Hall–Kier alpha value is -3.27. The monoisotopic (exact) mass is 440 g/mol.